The Morgan fingerprint density at radius 3 is 2.59 bits per heavy atom. The fourth-order valence-electron chi connectivity index (χ4n) is 2.88. The molecular formula is C18H17NO3. The summed E-state index contributed by atoms with van der Waals surface area (Å²) in [7, 11) is 0. The standard InChI is InChI=1S/C18H17NO3/c1-11-3-2-4-15-17(11)16(21)10-13(18(22)19-15)9-12-5-7-14(20)8-6-12/h2-8,13,20H,9-10H2,1H3,(H,19,22)/t13-/m0/s1. The summed E-state index contributed by atoms with van der Waals surface area (Å²) in [5, 5.41) is 12.2. The molecule has 112 valence electrons. The van der Waals surface area contributed by atoms with E-state index < -0.39 is 5.92 Å². The van der Waals surface area contributed by atoms with Crippen LogP contribution in [0, 0.1) is 12.8 Å². The average molecular weight is 295 g/mol. The highest BCUT2D eigenvalue weighted by Crippen LogP contribution is 2.28. The molecule has 0 bridgehead atoms. The second-order valence-corrected chi connectivity index (χ2v) is 5.68. The molecule has 2 N–H and O–H groups in total. The number of ketones is 1. The van der Waals surface area contributed by atoms with Crippen LogP contribution in [0.25, 0.3) is 0 Å². The van der Waals surface area contributed by atoms with Crippen molar-refractivity contribution in [1.29, 1.82) is 0 Å². The predicted molar refractivity (Wildman–Crippen MR) is 84.1 cm³/mol. The van der Waals surface area contributed by atoms with Gasteiger partial charge in [0.2, 0.25) is 5.91 Å². The molecule has 0 spiro atoms. The number of rotatable bonds is 2. The number of Topliss-reactive ketones (excluding diaryl/α,β-unsaturated/α-hetero) is 1. The minimum atomic E-state index is -0.399. The van der Waals surface area contributed by atoms with E-state index in [0.717, 1.165) is 11.1 Å². The number of carbonyl (C=O) groups excluding carboxylic acids is 2. The summed E-state index contributed by atoms with van der Waals surface area (Å²) in [6, 6.07) is 12.2. The lowest BCUT2D eigenvalue weighted by molar-refractivity contribution is -0.119. The first-order valence-corrected chi connectivity index (χ1v) is 7.26. The van der Waals surface area contributed by atoms with Crippen LogP contribution >= 0.6 is 0 Å². The van der Waals surface area contributed by atoms with Crippen molar-refractivity contribution in [1.82, 2.24) is 0 Å². The molecule has 22 heavy (non-hydrogen) atoms. The first kappa shape index (κ1) is 14.3. The highest BCUT2D eigenvalue weighted by atomic mass is 16.3. The number of aromatic hydroxyl groups is 1. The van der Waals surface area contributed by atoms with Crippen LogP contribution in [-0.2, 0) is 11.2 Å². The third-order valence-corrected chi connectivity index (χ3v) is 4.03. The number of hydrogen-bond donors (Lipinski definition) is 2. The Balaban J connectivity index is 1.87. The van der Waals surface area contributed by atoms with Crippen molar-refractivity contribution in [3.8, 4) is 5.75 Å². The number of hydrogen-bond acceptors (Lipinski definition) is 3. The number of phenols is 1. The molecule has 0 fully saturated rings. The molecule has 1 aliphatic heterocycles. The molecule has 1 atom stereocenters. The van der Waals surface area contributed by atoms with E-state index in [-0.39, 0.29) is 23.9 Å². The van der Waals surface area contributed by atoms with E-state index in [0.29, 0.717) is 17.7 Å². The molecule has 0 aliphatic carbocycles. The smallest absolute Gasteiger partial charge is 0.228 e. The minimum Gasteiger partial charge on any atom is -0.508 e. The van der Waals surface area contributed by atoms with E-state index in [4.69, 9.17) is 0 Å². The van der Waals surface area contributed by atoms with E-state index >= 15 is 0 Å². The summed E-state index contributed by atoms with van der Waals surface area (Å²) >= 11 is 0. The van der Waals surface area contributed by atoms with Crippen molar-refractivity contribution in [3.63, 3.8) is 0 Å². The second-order valence-electron chi connectivity index (χ2n) is 5.68. The highest BCUT2D eigenvalue weighted by molar-refractivity contribution is 6.10. The topological polar surface area (TPSA) is 66.4 Å². The molecule has 3 rings (SSSR count). The van der Waals surface area contributed by atoms with Crippen molar-refractivity contribution < 1.29 is 14.7 Å². The quantitative estimate of drug-likeness (QED) is 0.894. The van der Waals surface area contributed by atoms with Crippen molar-refractivity contribution in [3.05, 3.63) is 59.2 Å². The first-order valence-electron chi connectivity index (χ1n) is 7.26. The average Bonchev–Trinajstić information content (AvgIpc) is 2.59. The molecular weight excluding hydrogens is 278 g/mol. The van der Waals surface area contributed by atoms with Gasteiger partial charge in [-0.25, -0.2) is 0 Å². The van der Waals surface area contributed by atoms with E-state index in [2.05, 4.69) is 5.32 Å². The Morgan fingerprint density at radius 2 is 1.86 bits per heavy atom. The van der Waals surface area contributed by atoms with Crippen LogP contribution in [0.5, 0.6) is 5.75 Å². The van der Waals surface area contributed by atoms with Gasteiger partial charge in [-0.2, -0.15) is 0 Å². The second kappa shape index (κ2) is 5.64. The molecule has 1 aliphatic rings. The predicted octanol–water partition coefficient (Wildman–Crippen LogP) is 3.08. The molecule has 1 amide bonds. The van der Waals surface area contributed by atoms with Gasteiger partial charge in [-0.05, 0) is 42.7 Å². The zero-order valence-corrected chi connectivity index (χ0v) is 12.3. The largest absolute Gasteiger partial charge is 0.508 e. The normalized spacial score (nSPS) is 17.6. The highest BCUT2D eigenvalue weighted by Gasteiger charge is 2.29. The van der Waals surface area contributed by atoms with Crippen LogP contribution in [0.15, 0.2) is 42.5 Å². The molecule has 0 saturated carbocycles. The Kier molecular flexibility index (Phi) is 3.67. The molecule has 1 heterocycles. The molecule has 4 heteroatoms. The Bertz CT molecular complexity index is 734. The molecule has 4 nitrogen and oxygen atoms in total. The van der Waals surface area contributed by atoms with Crippen LogP contribution in [0.1, 0.15) is 27.9 Å². The third-order valence-electron chi connectivity index (χ3n) is 4.03. The Labute approximate surface area is 128 Å². The molecule has 0 saturated heterocycles. The maximum atomic E-state index is 12.5. The van der Waals surface area contributed by atoms with E-state index in [1.165, 1.54) is 0 Å². The number of anilines is 1. The number of nitrogens with one attached hydrogen (secondary N) is 1. The summed E-state index contributed by atoms with van der Waals surface area (Å²) in [6.07, 6.45) is 0.676. The van der Waals surface area contributed by atoms with Crippen LogP contribution < -0.4 is 5.32 Å². The lowest BCUT2D eigenvalue weighted by atomic mass is 9.92. The molecule has 0 unspecified atom stereocenters. The van der Waals surface area contributed by atoms with Gasteiger partial charge in [0.25, 0.3) is 0 Å². The van der Waals surface area contributed by atoms with Gasteiger partial charge in [0, 0.05) is 17.9 Å². The van der Waals surface area contributed by atoms with Gasteiger partial charge in [-0.3, -0.25) is 9.59 Å². The zero-order valence-electron chi connectivity index (χ0n) is 12.3. The van der Waals surface area contributed by atoms with Gasteiger partial charge < -0.3 is 10.4 Å². The van der Waals surface area contributed by atoms with Crippen molar-refractivity contribution in [2.45, 2.75) is 19.8 Å². The van der Waals surface area contributed by atoms with Gasteiger partial charge in [0.1, 0.15) is 5.75 Å². The van der Waals surface area contributed by atoms with E-state index in [9.17, 15) is 14.7 Å². The third kappa shape index (κ3) is 2.72. The maximum Gasteiger partial charge on any atom is 0.228 e. The number of phenolic OH excluding ortho intramolecular Hbond substituents is 1. The lowest BCUT2D eigenvalue weighted by Gasteiger charge is -2.12. The number of amides is 1. The van der Waals surface area contributed by atoms with E-state index in [1.54, 1.807) is 30.3 Å². The van der Waals surface area contributed by atoms with Gasteiger partial charge in [-0.1, -0.05) is 24.3 Å². The summed E-state index contributed by atoms with van der Waals surface area (Å²) in [5.74, 6) is -0.349. The van der Waals surface area contributed by atoms with Crippen molar-refractivity contribution in [2.75, 3.05) is 5.32 Å². The lowest BCUT2D eigenvalue weighted by Crippen LogP contribution is -2.23. The molecule has 0 aromatic heterocycles. The first-order chi connectivity index (χ1) is 10.5. The van der Waals surface area contributed by atoms with Crippen LogP contribution in [0.2, 0.25) is 0 Å². The summed E-state index contributed by atoms with van der Waals surface area (Å²) in [4.78, 5) is 24.9. The number of fused-ring (bicyclic) bond motifs is 1. The maximum absolute atomic E-state index is 12.5. The van der Waals surface area contributed by atoms with Crippen LogP contribution in [-0.4, -0.2) is 16.8 Å². The minimum absolute atomic E-state index is 0.00442. The van der Waals surface area contributed by atoms with Gasteiger partial charge >= 0.3 is 0 Å². The molecule has 2 aromatic carbocycles. The van der Waals surface area contributed by atoms with Gasteiger partial charge in [-0.15, -0.1) is 0 Å². The van der Waals surface area contributed by atoms with Gasteiger partial charge in [0.15, 0.2) is 5.78 Å². The molecule has 0 radical (unpaired) electrons. The SMILES string of the molecule is Cc1cccc2c1C(=O)C[C@H](Cc1ccc(O)cc1)C(=O)N2. The number of carbonyl (C=O) groups is 2. The summed E-state index contributed by atoms with van der Waals surface area (Å²) < 4.78 is 0. The molecule has 2 aromatic rings. The Morgan fingerprint density at radius 1 is 1.14 bits per heavy atom. The monoisotopic (exact) mass is 295 g/mol. The van der Waals surface area contributed by atoms with Crippen molar-refractivity contribution >= 4 is 17.4 Å². The van der Waals surface area contributed by atoms with Crippen LogP contribution in [0.4, 0.5) is 5.69 Å². The van der Waals surface area contributed by atoms with E-state index in [1.807, 2.05) is 19.1 Å². The number of benzene rings is 2. The Hall–Kier alpha value is -2.62. The zero-order chi connectivity index (χ0) is 15.7. The van der Waals surface area contributed by atoms with Crippen LogP contribution in [0.3, 0.4) is 0 Å². The fraction of sp³-hybridized carbons (Fsp3) is 0.222. The fourth-order valence-corrected chi connectivity index (χ4v) is 2.88. The summed E-state index contributed by atoms with van der Waals surface area (Å²) in [6.45, 7) is 1.88. The van der Waals surface area contributed by atoms with Crippen molar-refractivity contribution in [2.24, 2.45) is 5.92 Å². The number of aryl methyl sites for hydroxylation is 1. The summed E-state index contributed by atoms with van der Waals surface area (Å²) in [5.41, 5.74) is 3.02. The van der Waals surface area contributed by atoms with Gasteiger partial charge in [0.05, 0.1) is 5.69 Å².